The van der Waals surface area contributed by atoms with Gasteiger partial charge in [0.2, 0.25) is 11.6 Å². The standard InChI is InChI=1S/C20H18F3N5O2/c1-3-27(16-9-4-6-13(2)10-16)19-17(28(29)30)18(24-12-25-19)26-15-8-5-7-14(11-15)20(21,22)23/h4-12H,3H2,1-2H3,(H,24,25,26). The monoisotopic (exact) mass is 417 g/mol. The lowest BCUT2D eigenvalue weighted by Crippen LogP contribution is -2.20. The summed E-state index contributed by atoms with van der Waals surface area (Å²) in [5, 5.41) is 14.5. The SMILES string of the molecule is CCN(c1cccc(C)c1)c1ncnc(Nc2cccc(C(F)(F)F)c2)c1[N+](=O)[O-]. The van der Waals surface area contributed by atoms with Crippen LogP contribution in [-0.4, -0.2) is 21.4 Å². The molecule has 3 rings (SSSR count). The van der Waals surface area contributed by atoms with Crippen molar-refractivity contribution in [3.8, 4) is 0 Å². The van der Waals surface area contributed by atoms with E-state index in [0.717, 1.165) is 24.0 Å². The highest BCUT2D eigenvalue weighted by Gasteiger charge is 2.31. The van der Waals surface area contributed by atoms with Gasteiger partial charge in [-0.1, -0.05) is 18.2 Å². The van der Waals surface area contributed by atoms with Crippen molar-refractivity contribution in [2.24, 2.45) is 0 Å². The van der Waals surface area contributed by atoms with Crippen molar-refractivity contribution >= 4 is 28.7 Å². The zero-order valence-corrected chi connectivity index (χ0v) is 16.1. The van der Waals surface area contributed by atoms with E-state index in [-0.39, 0.29) is 17.3 Å². The van der Waals surface area contributed by atoms with E-state index in [2.05, 4.69) is 15.3 Å². The van der Waals surface area contributed by atoms with E-state index in [0.29, 0.717) is 12.2 Å². The number of hydrogen-bond donors (Lipinski definition) is 1. The Morgan fingerprint density at radius 2 is 1.87 bits per heavy atom. The molecule has 0 saturated carbocycles. The van der Waals surface area contributed by atoms with Crippen LogP contribution in [0.1, 0.15) is 18.1 Å². The van der Waals surface area contributed by atoms with Crippen molar-refractivity contribution in [1.82, 2.24) is 9.97 Å². The van der Waals surface area contributed by atoms with Crippen LogP contribution in [0, 0.1) is 17.0 Å². The zero-order chi connectivity index (χ0) is 21.9. The minimum Gasteiger partial charge on any atom is -0.334 e. The van der Waals surface area contributed by atoms with Gasteiger partial charge < -0.3 is 10.2 Å². The van der Waals surface area contributed by atoms with Gasteiger partial charge >= 0.3 is 11.9 Å². The van der Waals surface area contributed by atoms with Crippen LogP contribution >= 0.6 is 0 Å². The molecule has 0 aliphatic heterocycles. The highest BCUT2D eigenvalue weighted by atomic mass is 19.4. The highest BCUT2D eigenvalue weighted by Crippen LogP contribution is 2.38. The first-order valence-electron chi connectivity index (χ1n) is 8.98. The van der Waals surface area contributed by atoms with Crippen LogP contribution in [0.25, 0.3) is 0 Å². The summed E-state index contributed by atoms with van der Waals surface area (Å²) in [6.07, 6.45) is -3.40. The molecule has 0 fully saturated rings. The van der Waals surface area contributed by atoms with Gasteiger partial charge in [-0.15, -0.1) is 0 Å². The molecule has 0 aliphatic rings. The lowest BCUT2D eigenvalue weighted by atomic mass is 10.2. The summed E-state index contributed by atoms with van der Waals surface area (Å²) in [5.74, 6) is -0.159. The molecule has 1 aromatic heterocycles. The molecule has 0 atom stereocenters. The molecule has 1 heterocycles. The second-order valence-corrected chi connectivity index (χ2v) is 6.44. The van der Waals surface area contributed by atoms with Crippen molar-refractivity contribution in [2.45, 2.75) is 20.0 Å². The Labute approximate surface area is 170 Å². The molecule has 0 radical (unpaired) electrons. The third-order valence-corrected chi connectivity index (χ3v) is 4.32. The van der Waals surface area contributed by atoms with Crippen molar-refractivity contribution in [1.29, 1.82) is 0 Å². The van der Waals surface area contributed by atoms with Crippen LogP contribution in [0.5, 0.6) is 0 Å². The molecule has 10 heteroatoms. The number of nitrogens with one attached hydrogen (secondary N) is 1. The second-order valence-electron chi connectivity index (χ2n) is 6.44. The average Bonchev–Trinajstić information content (AvgIpc) is 2.68. The third kappa shape index (κ3) is 4.48. The first kappa shape index (κ1) is 21.0. The summed E-state index contributed by atoms with van der Waals surface area (Å²) >= 11 is 0. The minimum atomic E-state index is -4.54. The maximum Gasteiger partial charge on any atom is 0.416 e. The number of hydrogen-bond acceptors (Lipinski definition) is 6. The third-order valence-electron chi connectivity index (χ3n) is 4.32. The van der Waals surface area contributed by atoms with Gasteiger partial charge in [0.15, 0.2) is 0 Å². The molecule has 0 aliphatic carbocycles. The second kappa shape index (κ2) is 8.36. The number of halogens is 3. The normalized spacial score (nSPS) is 11.2. The molecule has 3 aromatic rings. The molecule has 156 valence electrons. The Kier molecular flexibility index (Phi) is 5.86. The van der Waals surface area contributed by atoms with E-state index in [1.54, 1.807) is 11.0 Å². The molecule has 2 aromatic carbocycles. The van der Waals surface area contributed by atoms with E-state index in [9.17, 15) is 23.3 Å². The average molecular weight is 417 g/mol. The van der Waals surface area contributed by atoms with Crippen LogP contribution in [0.3, 0.4) is 0 Å². The number of nitrogens with zero attached hydrogens (tertiary/aromatic N) is 4. The molecule has 30 heavy (non-hydrogen) atoms. The molecular formula is C20H18F3N5O2. The van der Waals surface area contributed by atoms with Crippen molar-refractivity contribution in [2.75, 3.05) is 16.8 Å². The fourth-order valence-corrected chi connectivity index (χ4v) is 2.99. The first-order chi connectivity index (χ1) is 14.2. The Bertz CT molecular complexity index is 1070. The maximum absolute atomic E-state index is 13.0. The topological polar surface area (TPSA) is 84.2 Å². The number of alkyl halides is 3. The highest BCUT2D eigenvalue weighted by molar-refractivity contribution is 5.78. The Balaban J connectivity index is 2.07. The molecule has 0 spiro atoms. The van der Waals surface area contributed by atoms with Gasteiger partial charge in [0.25, 0.3) is 0 Å². The van der Waals surface area contributed by atoms with E-state index < -0.39 is 22.4 Å². The lowest BCUT2D eigenvalue weighted by molar-refractivity contribution is -0.383. The Morgan fingerprint density at radius 1 is 1.13 bits per heavy atom. The Hall–Kier alpha value is -3.69. The Morgan fingerprint density at radius 3 is 2.50 bits per heavy atom. The fraction of sp³-hybridized carbons (Fsp3) is 0.200. The molecule has 1 N–H and O–H groups in total. The van der Waals surface area contributed by atoms with Crippen molar-refractivity contribution in [3.63, 3.8) is 0 Å². The van der Waals surface area contributed by atoms with Gasteiger partial charge in [-0.25, -0.2) is 9.97 Å². The molecule has 0 saturated heterocycles. The number of aryl methyl sites for hydroxylation is 1. The van der Waals surface area contributed by atoms with E-state index in [4.69, 9.17) is 0 Å². The van der Waals surface area contributed by atoms with Gasteiger partial charge in [-0.05, 0) is 49.7 Å². The maximum atomic E-state index is 13.0. The number of nitro groups is 1. The van der Waals surface area contributed by atoms with Crippen LogP contribution in [-0.2, 0) is 6.18 Å². The van der Waals surface area contributed by atoms with Crippen LogP contribution < -0.4 is 10.2 Å². The quantitative estimate of drug-likeness (QED) is 0.414. The summed E-state index contributed by atoms with van der Waals surface area (Å²) in [6.45, 7) is 4.09. The van der Waals surface area contributed by atoms with Gasteiger partial charge in [-0.3, -0.25) is 10.1 Å². The van der Waals surface area contributed by atoms with Crippen LogP contribution in [0.2, 0.25) is 0 Å². The number of benzene rings is 2. The lowest BCUT2D eigenvalue weighted by Gasteiger charge is -2.22. The molecule has 0 amide bonds. The smallest absolute Gasteiger partial charge is 0.334 e. The minimum absolute atomic E-state index is 0.0242. The molecular weight excluding hydrogens is 399 g/mol. The van der Waals surface area contributed by atoms with Gasteiger partial charge in [-0.2, -0.15) is 13.2 Å². The molecule has 0 unspecified atom stereocenters. The summed E-state index contributed by atoms with van der Waals surface area (Å²) in [6, 6.07) is 11.7. The molecule has 0 bridgehead atoms. The summed E-state index contributed by atoms with van der Waals surface area (Å²) in [4.78, 5) is 20.8. The summed E-state index contributed by atoms with van der Waals surface area (Å²) < 4.78 is 38.9. The van der Waals surface area contributed by atoms with Gasteiger partial charge in [0.05, 0.1) is 10.5 Å². The van der Waals surface area contributed by atoms with E-state index >= 15 is 0 Å². The summed E-state index contributed by atoms with van der Waals surface area (Å²) in [5.41, 5.74) is 0.378. The van der Waals surface area contributed by atoms with Crippen LogP contribution in [0.15, 0.2) is 54.9 Å². The van der Waals surface area contributed by atoms with Gasteiger partial charge in [0, 0.05) is 17.9 Å². The molecule has 7 nitrogen and oxygen atoms in total. The number of rotatable bonds is 6. The number of aromatic nitrogens is 2. The van der Waals surface area contributed by atoms with Crippen molar-refractivity contribution in [3.05, 3.63) is 76.1 Å². The first-order valence-corrected chi connectivity index (χ1v) is 8.98. The van der Waals surface area contributed by atoms with Gasteiger partial charge in [0.1, 0.15) is 6.33 Å². The number of anilines is 4. The zero-order valence-electron chi connectivity index (χ0n) is 16.1. The van der Waals surface area contributed by atoms with E-state index in [1.165, 1.54) is 12.1 Å². The van der Waals surface area contributed by atoms with E-state index in [1.807, 2.05) is 32.0 Å². The largest absolute Gasteiger partial charge is 0.416 e. The van der Waals surface area contributed by atoms with Crippen molar-refractivity contribution < 1.29 is 18.1 Å². The van der Waals surface area contributed by atoms with Crippen LogP contribution in [0.4, 0.5) is 41.9 Å². The predicted molar refractivity (Wildman–Crippen MR) is 107 cm³/mol. The predicted octanol–water partition coefficient (Wildman–Crippen LogP) is 5.61. The summed E-state index contributed by atoms with van der Waals surface area (Å²) in [7, 11) is 0. The fourth-order valence-electron chi connectivity index (χ4n) is 2.99.